The molecule has 220 valence electrons. The molecule has 5 aromatic carbocycles. The highest BCUT2D eigenvalue weighted by molar-refractivity contribution is 7.25. The van der Waals surface area contributed by atoms with Crippen molar-refractivity contribution < 1.29 is 0 Å². The zero-order valence-corrected chi connectivity index (χ0v) is 25.9. The number of hydrogen-bond acceptors (Lipinski definition) is 6. The lowest BCUT2D eigenvalue weighted by Gasteiger charge is -2.12. The molecule has 0 aliphatic rings. The van der Waals surface area contributed by atoms with Crippen molar-refractivity contribution in [3.05, 3.63) is 152 Å². The molecule has 0 spiro atoms. The normalized spacial score (nSPS) is 11.4. The number of fused-ring (bicyclic) bond motifs is 4. The molecule has 47 heavy (non-hydrogen) atoms. The molecule has 4 heterocycles. The van der Waals surface area contributed by atoms with Gasteiger partial charge in [-0.05, 0) is 47.5 Å². The maximum Gasteiger partial charge on any atom is 0.164 e. The average Bonchev–Trinajstić information content (AvgIpc) is 3.53. The van der Waals surface area contributed by atoms with Crippen molar-refractivity contribution in [2.75, 3.05) is 0 Å². The molecular formula is C41H25N5S. The van der Waals surface area contributed by atoms with Crippen molar-refractivity contribution in [2.24, 2.45) is 0 Å². The second-order valence-electron chi connectivity index (χ2n) is 11.4. The van der Waals surface area contributed by atoms with Gasteiger partial charge >= 0.3 is 0 Å². The minimum absolute atomic E-state index is 0.624. The number of thiophene rings is 1. The molecule has 0 N–H and O–H groups in total. The minimum Gasteiger partial charge on any atom is -0.256 e. The second kappa shape index (κ2) is 11.4. The molecule has 0 aliphatic heterocycles. The van der Waals surface area contributed by atoms with Crippen LogP contribution in [0, 0.1) is 0 Å². The number of hydrogen-bond donors (Lipinski definition) is 0. The number of aromatic nitrogens is 5. The molecule has 9 rings (SSSR count). The Labute approximate surface area is 275 Å². The number of benzene rings is 5. The smallest absolute Gasteiger partial charge is 0.164 e. The van der Waals surface area contributed by atoms with Crippen molar-refractivity contribution >= 4 is 42.4 Å². The first kappa shape index (κ1) is 27.2. The van der Waals surface area contributed by atoms with Gasteiger partial charge in [0.05, 0.1) is 15.9 Å². The minimum atomic E-state index is 0.624. The van der Waals surface area contributed by atoms with Crippen LogP contribution < -0.4 is 0 Å². The fraction of sp³-hybridized carbons (Fsp3) is 0. The first-order valence-corrected chi connectivity index (χ1v) is 16.2. The second-order valence-corrected chi connectivity index (χ2v) is 12.5. The predicted molar refractivity (Wildman–Crippen MR) is 193 cm³/mol. The molecule has 4 aromatic heterocycles. The van der Waals surface area contributed by atoms with E-state index in [9.17, 15) is 0 Å². The Morgan fingerprint density at radius 3 is 1.85 bits per heavy atom. The number of nitrogens with zero attached hydrogens (tertiary/aromatic N) is 5. The van der Waals surface area contributed by atoms with Crippen LogP contribution in [0.4, 0.5) is 0 Å². The van der Waals surface area contributed by atoms with E-state index in [0.717, 1.165) is 50.0 Å². The van der Waals surface area contributed by atoms with E-state index in [1.165, 1.54) is 20.2 Å². The van der Waals surface area contributed by atoms with E-state index < -0.39 is 0 Å². The zero-order chi connectivity index (χ0) is 31.2. The van der Waals surface area contributed by atoms with Gasteiger partial charge in [0.15, 0.2) is 17.5 Å². The van der Waals surface area contributed by atoms with E-state index in [2.05, 4.69) is 72.8 Å². The van der Waals surface area contributed by atoms with Gasteiger partial charge in [-0.3, -0.25) is 9.97 Å². The third-order valence-electron chi connectivity index (χ3n) is 8.40. The first-order valence-electron chi connectivity index (χ1n) is 15.4. The van der Waals surface area contributed by atoms with Gasteiger partial charge in [0, 0.05) is 55.5 Å². The molecule has 0 saturated carbocycles. The quantitative estimate of drug-likeness (QED) is 0.192. The van der Waals surface area contributed by atoms with Crippen molar-refractivity contribution in [1.82, 2.24) is 24.9 Å². The van der Waals surface area contributed by atoms with E-state index in [-0.39, 0.29) is 0 Å². The van der Waals surface area contributed by atoms with Crippen molar-refractivity contribution in [3.8, 4) is 56.5 Å². The standard InChI is InChI=1S/C41H25N5S/c1-3-11-26(12-4-1)39-44-40(27-13-5-2-6-14-27)46-41(45-39)30-16-9-15-28(21-30)31-22-29-17-10-20-42-38(29)34(23-31)35-24-33-32-18-7-8-19-36(32)47-37(33)25-43-35/h1-25H. The summed E-state index contributed by atoms with van der Waals surface area (Å²) in [5, 5.41) is 3.52. The third kappa shape index (κ3) is 5.01. The summed E-state index contributed by atoms with van der Waals surface area (Å²) >= 11 is 1.77. The van der Waals surface area contributed by atoms with Crippen LogP contribution in [-0.4, -0.2) is 24.9 Å². The molecule has 0 radical (unpaired) electrons. The van der Waals surface area contributed by atoms with Gasteiger partial charge in [-0.1, -0.05) is 103 Å². The van der Waals surface area contributed by atoms with Crippen LogP contribution in [0.5, 0.6) is 0 Å². The summed E-state index contributed by atoms with van der Waals surface area (Å²) in [5.41, 5.74) is 7.75. The molecule has 0 amide bonds. The summed E-state index contributed by atoms with van der Waals surface area (Å²) in [6, 6.07) is 47.8. The van der Waals surface area contributed by atoms with Gasteiger partial charge in [-0.15, -0.1) is 11.3 Å². The molecule has 0 unspecified atom stereocenters. The summed E-state index contributed by atoms with van der Waals surface area (Å²) in [6.45, 7) is 0. The van der Waals surface area contributed by atoms with E-state index >= 15 is 0 Å². The van der Waals surface area contributed by atoms with E-state index in [0.29, 0.717) is 17.5 Å². The fourth-order valence-electron chi connectivity index (χ4n) is 6.11. The Hall–Kier alpha value is -6.11. The van der Waals surface area contributed by atoms with Crippen molar-refractivity contribution in [2.45, 2.75) is 0 Å². The third-order valence-corrected chi connectivity index (χ3v) is 9.52. The Kier molecular flexibility index (Phi) is 6.58. The summed E-state index contributed by atoms with van der Waals surface area (Å²) in [6.07, 6.45) is 3.84. The lowest BCUT2D eigenvalue weighted by Crippen LogP contribution is -2.00. The molecule has 0 bridgehead atoms. The van der Waals surface area contributed by atoms with Gasteiger partial charge in [-0.25, -0.2) is 15.0 Å². The maximum absolute atomic E-state index is 4.96. The fourth-order valence-corrected chi connectivity index (χ4v) is 7.16. The van der Waals surface area contributed by atoms with E-state index in [1.54, 1.807) is 11.3 Å². The Balaban J connectivity index is 1.19. The topological polar surface area (TPSA) is 64.5 Å². The Bertz CT molecular complexity index is 2520. The van der Waals surface area contributed by atoms with Crippen LogP contribution in [0.3, 0.4) is 0 Å². The highest BCUT2D eigenvalue weighted by atomic mass is 32.1. The molecule has 0 fully saturated rings. The number of rotatable bonds is 5. The average molecular weight is 620 g/mol. The van der Waals surface area contributed by atoms with Crippen LogP contribution in [0.15, 0.2) is 152 Å². The first-order chi connectivity index (χ1) is 23.3. The van der Waals surface area contributed by atoms with Gasteiger partial charge < -0.3 is 0 Å². The van der Waals surface area contributed by atoms with Gasteiger partial charge in [0.2, 0.25) is 0 Å². The molecular weight excluding hydrogens is 595 g/mol. The largest absolute Gasteiger partial charge is 0.256 e. The van der Waals surface area contributed by atoms with Crippen molar-refractivity contribution in [3.63, 3.8) is 0 Å². The number of pyridine rings is 2. The molecule has 0 aliphatic carbocycles. The van der Waals surface area contributed by atoms with Gasteiger partial charge in [-0.2, -0.15) is 0 Å². The molecule has 6 heteroatoms. The SMILES string of the molecule is c1ccc(-c2nc(-c3ccccc3)nc(-c3cccc(-c4cc(-c5cc6c(cn5)sc5ccccc56)c5ncccc5c4)c3)n2)cc1. The maximum atomic E-state index is 4.96. The van der Waals surface area contributed by atoms with Gasteiger partial charge in [0.25, 0.3) is 0 Å². The Morgan fingerprint density at radius 1 is 0.426 bits per heavy atom. The van der Waals surface area contributed by atoms with E-state index in [1.807, 2.05) is 79.1 Å². The monoisotopic (exact) mass is 619 g/mol. The molecule has 0 atom stereocenters. The van der Waals surface area contributed by atoms with E-state index in [4.69, 9.17) is 24.9 Å². The highest BCUT2D eigenvalue weighted by Crippen LogP contribution is 2.38. The van der Waals surface area contributed by atoms with Crippen LogP contribution in [0.25, 0.3) is 87.6 Å². The molecule has 9 aromatic rings. The van der Waals surface area contributed by atoms with Crippen LogP contribution in [0.1, 0.15) is 0 Å². The summed E-state index contributed by atoms with van der Waals surface area (Å²) in [7, 11) is 0. The van der Waals surface area contributed by atoms with Crippen molar-refractivity contribution in [1.29, 1.82) is 0 Å². The Morgan fingerprint density at radius 2 is 1.09 bits per heavy atom. The van der Waals surface area contributed by atoms with Crippen LogP contribution >= 0.6 is 11.3 Å². The lowest BCUT2D eigenvalue weighted by atomic mass is 9.96. The highest BCUT2D eigenvalue weighted by Gasteiger charge is 2.16. The summed E-state index contributed by atoms with van der Waals surface area (Å²) in [5.74, 6) is 1.90. The predicted octanol–water partition coefficient (Wildman–Crippen LogP) is 10.5. The summed E-state index contributed by atoms with van der Waals surface area (Å²) in [4.78, 5) is 24.5. The molecule has 0 saturated heterocycles. The molecule has 5 nitrogen and oxygen atoms in total. The summed E-state index contributed by atoms with van der Waals surface area (Å²) < 4.78 is 2.44. The van der Waals surface area contributed by atoms with Gasteiger partial charge in [0.1, 0.15) is 0 Å². The zero-order valence-electron chi connectivity index (χ0n) is 25.1. The lowest BCUT2D eigenvalue weighted by molar-refractivity contribution is 1.07. The van der Waals surface area contributed by atoms with Crippen LogP contribution in [-0.2, 0) is 0 Å². The van der Waals surface area contributed by atoms with Crippen LogP contribution in [0.2, 0.25) is 0 Å².